The highest BCUT2D eigenvalue weighted by Gasteiger charge is 2.62. The number of allylic oxidation sites excluding steroid dienone is 1. The zero-order valence-electron chi connectivity index (χ0n) is 22.5. The number of nitrogens with zero attached hydrogens (tertiary/aromatic N) is 2. The predicted octanol–water partition coefficient (Wildman–Crippen LogP) is 3.21. The quantitative estimate of drug-likeness (QED) is 0.339. The number of fused-ring (bicyclic) bond motifs is 3. The van der Waals surface area contributed by atoms with E-state index in [1.54, 1.807) is 20.3 Å². The normalized spacial score (nSPS) is 32.5. The van der Waals surface area contributed by atoms with Crippen LogP contribution < -0.4 is 9.47 Å². The van der Waals surface area contributed by atoms with Crippen molar-refractivity contribution in [3.63, 3.8) is 0 Å². The number of hydrogen-bond donors (Lipinski definition) is 1. The first-order valence-corrected chi connectivity index (χ1v) is 13.5. The Hall–Kier alpha value is -2.42. The lowest BCUT2D eigenvalue weighted by Crippen LogP contribution is -2.57. The molecule has 4 aliphatic rings. The molecular formula is C29H40N2O6. The van der Waals surface area contributed by atoms with E-state index in [0.29, 0.717) is 30.2 Å². The lowest BCUT2D eigenvalue weighted by molar-refractivity contribution is -0.157. The number of hydrogen-bond acceptors (Lipinski definition) is 8. The molecule has 0 radical (unpaired) electrons. The first kappa shape index (κ1) is 26.2. The molecule has 8 nitrogen and oxygen atoms in total. The molecule has 0 spiro atoms. The van der Waals surface area contributed by atoms with E-state index < -0.39 is 11.6 Å². The highest BCUT2D eigenvalue weighted by atomic mass is 16.6. The maximum absolute atomic E-state index is 13.1. The third-order valence-electron chi connectivity index (χ3n) is 9.35. The molecule has 1 aromatic carbocycles. The van der Waals surface area contributed by atoms with Crippen LogP contribution in [0.4, 0.5) is 0 Å². The van der Waals surface area contributed by atoms with Crippen molar-refractivity contribution >= 4 is 12.3 Å². The van der Waals surface area contributed by atoms with Gasteiger partial charge in [0.2, 0.25) is 0 Å². The van der Waals surface area contributed by atoms with Crippen LogP contribution in [0.3, 0.4) is 0 Å². The van der Waals surface area contributed by atoms with Gasteiger partial charge in [-0.15, -0.1) is 0 Å². The molecule has 1 aromatic rings. The van der Waals surface area contributed by atoms with Crippen LogP contribution >= 0.6 is 0 Å². The van der Waals surface area contributed by atoms with E-state index in [1.165, 1.54) is 17.6 Å². The van der Waals surface area contributed by atoms with Gasteiger partial charge in [0, 0.05) is 51.3 Å². The molecule has 2 saturated heterocycles. The van der Waals surface area contributed by atoms with Gasteiger partial charge in [0.25, 0.3) is 0 Å². The smallest absolute Gasteiger partial charge is 0.340 e. The molecule has 1 unspecified atom stereocenters. The molecule has 2 aliphatic heterocycles. The van der Waals surface area contributed by atoms with E-state index in [1.807, 2.05) is 6.07 Å². The third-order valence-corrected chi connectivity index (χ3v) is 9.35. The molecular weight excluding hydrogens is 472 g/mol. The fourth-order valence-electron chi connectivity index (χ4n) is 7.28. The minimum atomic E-state index is -1.47. The van der Waals surface area contributed by atoms with E-state index in [4.69, 9.17) is 14.2 Å². The van der Waals surface area contributed by atoms with Gasteiger partial charge in [-0.1, -0.05) is 12.5 Å². The van der Waals surface area contributed by atoms with Crippen LogP contribution in [0.15, 0.2) is 23.3 Å². The molecule has 1 N–H and O–H groups in total. The van der Waals surface area contributed by atoms with Gasteiger partial charge in [-0.2, -0.15) is 0 Å². The van der Waals surface area contributed by atoms with Crippen LogP contribution in [0, 0.1) is 11.3 Å². The number of rotatable bonds is 7. The summed E-state index contributed by atoms with van der Waals surface area (Å²) in [5.74, 6) is 0.513. The van der Waals surface area contributed by atoms with Crippen molar-refractivity contribution in [3.05, 3.63) is 34.4 Å². The number of carbonyl (C=O) groups excluding carboxylic acids is 2. The van der Waals surface area contributed by atoms with Gasteiger partial charge >= 0.3 is 5.97 Å². The number of esters is 1. The minimum absolute atomic E-state index is 0.0871. The Kier molecular flexibility index (Phi) is 7.11. The van der Waals surface area contributed by atoms with Crippen molar-refractivity contribution in [1.82, 2.24) is 9.80 Å². The van der Waals surface area contributed by atoms with Crippen molar-refractivity contribution in [2.45, 2.75) is 64.2 Å². The number of carbonyl (C=O) groups is 2. The Balaban J connectivity index is 1.25. The van der Waals surface area contributed by atoms with Crippen molar-refractivity contribution in [2.24, 2.45) is 11.3 Å². The summed E-state index contributed by atoms with van der Waals surface area (Å²) in [6, 6.07) is 3.60. The summed E-state index contributed by atoms with van der Waals surface area (Å²) in [5, 5.41) is 11.7. The SMILES string of the molecule is COc1cc(CN2CCN(C[C@]3(O)C(=O)O[C@@H]4C5=C(C)CCC[C@]5(C)CCC43)CC2)c(C=O)c(OC)c1. The highest BCUT2D eigenvalue weighted by Crippen LogP contribution is 2.56. The number of piperazine rings is 1. The summed E-state index contributed by atoms with van der Waals surface area (Å²) in [4.78, 5) is 29.4. The highest BCUT2D eigenvalue weighted by molar-refractivity contribution is 5.83. The van der Waals surface area contributed by atoms with Crippen molar-refractivity contribution in [2.75, 3.05) is 46.9 Å². The molecule has 8 heteroatoms. The molecule has 4 atom stereocenters. The van der Waals surface area contributed by atoms with Gasteiger partial charge in [0.05, 0.1) is 19.8 Å². The fraction of sp³-hybridized carbons (Fsp3) is 0.655. The lowest BCUT2D eigenvalue weighted by atomic mass is 9.59. The monoisotopic (exact) mass is 512 g/mol. The van der Waals surface area contributed by atoms with Crippen LogP contribution in [0.5, 0.6) is 11.5 Å². The van der Waals surface area contributed by atoms with Crippen molar-refractivity contribution in [1.29, 1.82) is 0 Å². The number of aldehydes is 1. The van der Waals surface area contributed by atoms with Crippen LogP contribution in [0.1, 0.15) is 61.9 Å². The maximum Gasteiger partial charge on any atom is 0.340 e. The predicted molar refractivity (Wildman–Crippen MR) is 139 cm³/mol. The van der Waals surface area contributed by atoms with Crippen LogP contribution in [0.2, 0.25) is 0 Å². The second-order valence-corrected chi connectivity index (χ2v) is 11.6. The Morgan fingerprint density at radius 3 is 2.54 bits per heavy atom. The standard InChI is InChI=1S/C29H40N2O6/c1-19-6-5-8-28(2)9-7-23-26(25(19)28)37-27(33)29(23,34)18-31-12-10-30(11-13-31)16-20-14-21(35-3)15-24(36-4)22(20)17-32/h14-15,17,23,26,34H,5-13,16,18H2,1-4H3/t23?,26-,28+,29+/m0/s1. The molecule has 202 valence electrons. The molecule has 3 fully saturated rings. The number of benzene rings is 1. The fourth-order valence-corrected chi connectivity index (χ4v) is 7.28. The Morgan fingerprint density at radius 2 is 1.86 bits per heavy atom. The van der Waals surface area contributed by atoms with Gasteiger partial charge in [-0.3, -0.25) is 14.6 Å². The Labute approximate surface area is 219 Å². The molecule has 37 heavy (non-hydrogen) atoms. The first-order valence-electron chi connectivity index (χ1n) is 13.5. The summed E-state index contributed by atoms with van der Waals surface area (Å²) >= 11 is 0. The Morgan fingerprint density at radius 1 is 1.14 bits per heavy atom. The van der Waals surface area contributed by atoms with Crippen LogP contribution in [0.25, 0.3) is 0 Å². The van der Waals surface area contributed by atoms with Gasteiger partial charge in [-0.25, -0.2) is 4.79 Å². The molecule has 2 aliphatic carbocycles. The summed E-state index contributed by atoms with van der Waals surface area (Å²) in [7, 11) is 3.15. The summed E-state index contributed by atoms with van der Waals surface area (Å²) < 4.78 is 16.7. The zero-order chi connectivity index (χ0) is 26.4. The molecule has 0 amide bonds. The van der Waals surface area contributed by atoms with Crippen LogP contribution in [-0.4, -0.2) is 85.8 Å². The van der Waals surface area contributed by atoms with Crippen LogP contribution in [-0.2, 0) is 16.1 Å². The number of β-amino-alcohol motifs (C(OH)–C–C–N with tert-alkyl or cyclic N) is 1. The third kappa shape index (κ3) is 4.57. The molecule has 2 heterocycles. The molecule has 0 bridgehead atoms. The van der Waals surface area contributed by atoms with E-state index in [-0.39, 0.29) is 17.4 Å². The van der Waals surface area contributed by atoms with Gasteiger partial charge < -0.3 is 19.3 Å². The number of aliphatic hydroxyl groups is 1. The molecule has 1 saturated carbocycles. The van der Waals surface area contributed by atoms with E-state index in [9.17, 15) is 14.7 Å². The van der Waals surface area contributed by atoms with E-state index in [0.717, 1.165) is 63.7 Å². The van der Waals surface area contributed by atoms with Gasteiger partial charge in [0.1, 0.15) is 17.6 Å². The summed E-state index contributed by atoms with van der Waals surface area (Å²) in [6.45, 7) is 8.36. The molecule has 0 aromatic heterocycles. The lowest BCUT2D eigenvalue weighted by Gasteiger charge is -2.47. The average Bonchev–Trinajstić information content (AvgIpc) is 3.13. The average molecular weight is 513 g/mol. The van der Waals surface area contributed by atoms with Crippen molar-refractivity contribution in [3.8, 4) is 11.5 Å². The number of methoxy groups -OCH3 is 2. The van der Waals surface area contributed by atoms with Gasteiger partial charge in [0.15, 0.2) is 11.9 Å². The largest absolute Gasteiger partial charge is 0.497 e. The maximum atomic E-state index is 13.1. The van der Waals surface area contributed by atoms with E-state index in [2.05, 4.69) is 23.6 Å². The van der Waals surface area contributed by atoms with Gasteiger partial charge in [-0.05, 0) is 61.6 Å². The number of ether oxygens (including phenoxy) is 3. The second kappa shape index (κ2) is 10.0. The summed E-state index contributed by atoms with van der Waals surface area (Å²) in [6.07, 6.45) is 5.72. The minimum Gasteiger partial charge on any atom is -0.497 e. The second-order valence-electron chi connectivity index (χ2n) is 11.6. The Bertz CT molecular complexity index is 1090. The topological polar surface area (TPSA) is 88.5 Å². The summed E-state index contributed by atoms with van der Waals surface area (Å²) in [5.41, 5.74) is 2.65. The zero-order valence-corrected chi connectivity index (χ0v) is 22.5. The molecule has 5 rings (SSSR count). The first-order chi connectivity index (χ1) is 17.7. The van der Waals surface area contributed by atoms with Crippen molar-refractivity contribution < 1.29 is 28.9 Å². The van der Waals surface area contributed by atoms with E-state index >= 15 is 0 Å².